The van der Waals surface area contributed by atoms with Crippen molar-refractivity contribution in [1.29, 1.82) is 0 Å². The molecule has 0 radical (unpaired) electrons. The number of carbonyl (C=O) groups excluding carboxylic acids is 2. The first-order chi connectivity index (χ1) is 9.06. The SMILES string of the molecule is CN1CC(NC(=O)C(N)Cc2ccccc2)CC1=O. The average Bonchev–Trinajstić information content (AvgIpc) is 2.69. The summed E-state index contributed by atoms with van der Waals surface area (Å²) in [5, 5.41) is 2.83. The molecular weight excluding hydrogens is 242 g/mol. The molecule has 19 heavy (non-hydrogen) atoms. The van der Waals surface area contributed by atoms with Crippen molar-refractivity contribution in [3.63, 3.8) is 0 Å². The molecule has 1 saturated heterocycles. The lowest BCUT2D eigenvalue weighted by atomic mass is 10.1. The number of nitrogens with one attached hydrogen (secondary N) is 1. The van der Waals surface area contributed by atoms with Crippen molar-refractivity contribution in [2.24, 2.45) is 5.73 Å². The van der Waals surface area contributed by atoms with Gasteiger partial charge in [0.1, 0.15) is 0 Å². The minimum absolute atomic E-state index is 0.0573. The van der Waals surface area contributed by atoms with E-state index in [1.54, 1.807) is 11.9 Å². The molecule has 1 aliphatic heterocycles. The highest BCUT2D eigenvalue weighted by molar-refractivity contribution is 5.84. The third kappa shape index (κ3) is 3.54. The van der Waals surface area contributed by atoms with Gasteiger partial charge in [-0.1, -0.05) is 30.3 Å². The summed E-state index contributed by atoms with van der Waals surface area (Å²) >= 11 is 0. The molecule has 102 valence electrons. The van der Waals surface area contributed by atoms with Gasteiger partial charge in [0.05, 0.1) is 12.1 Å². The maximum atomic E-state index is 12.0. The maximum absolute atomic E-state index is 12.0. The zero-order valence-corrected chi connectivity index (χ0v) is 11.0. The summed E-state index contributed by atoms with van der Waals surface area (Å²) in [6, 6.07) is 8.96. The number of carbonyl (C=O) groups is 2. The minimum atomic E-state index is -0.580. The molecule has 0 spiro atoms. The number of likely N-dealkylation sites (tertiary alicyclic amines) is 1. The third-order valence-electron chi connectivity index (χ3n) is 3.32. The maximum Gasteiger partial charge on any atom is 0.237 e. The molecule has 1 aromatic carbocycles. The van der Waals surface area contributed by atoms with Gasteiger partial charge in [-0.2, -0.15) is 0 Å². The van der Waals surface area contributed by atoms with Crippen LogP contribution in [-0.4, -0.2) is 42.4 Å². The van der Waals surface area contributed by atoms with Crippen molar-refractivity contribution in [3.8, 4) is 0 Å². The van der Waals surface area contributed by atoms with Crippen LogP contribution in [-0.2, 0) is 16.0 Å². The predicted octanol–water partition coefficient (Wildman–Crippen LogP) is -0.0967. The first kappa shape index (κ1) is 13.5. The second-order valence-corrected chi connectivity index (χ2v) is 4.98. The molecular formula is C14H19N3O2. The smallest absolute Gasteiger partial charge is 0.237 e. The zero-order valence-electron chi connectivity index (χ0n) is 11.0. The Bertz CT molecular complexity index is 461. The van der Waals surface area contributed by atoms with Gasteiger partial charge < -0.3 is 16.0 Å². The van der Waals surface area contributed by atoms with E-state index < -0.39 is 6.04 Å². The number of rotatable bonds is 4. The normalized spacial score (nSPS) is 20.4. The molecule has 5 nitrogen and oxygen atoms in total. The number of benzene rings is 1. The van der Waals surface area contributed by atoms with E-state index >= 15 is 0 Å². The molecule has 0 aromatic heterocycles. The van der Waals surface area contributed by atoms with Gasteiger partial charge in [-0.3, -0.25) is 9.59 Å². The molecule has 1 aliphatic rings. The van der Waals surface area contributed by atoms with Crippen molar-refractivity contribution in [3.05, 3.63) is 35.9 Å². The first-order valence-electron chi connectivity index (χ1n) is 6.40. The Morgan fingerprint density at radius 2 is 2.16 bits per heavy atom. The molecule has 2 atom stereocenters. The Hall–Kier alpha value is -1.88. The van der Waals surface area contributed by atoms with E-state index in [2.05, 4.69) is 5.32 Å². The topological polar surface area (TPSA) is 75.4 Å². The molecule has 0 aliphatic carbocycles. The van der Waals surface area contributed by atoms with Crippen LogP contribution in [0, 0.1) is 0 Å². The fourth-order valence-electron chi connectivity index (χ4n) is 2.23. The van der Waals surface area contributed by atoms with Crippen LogP contribution >= 0.6 is 0 Å². The standard InChI is InChI=1S/C14H19N3O2/c1-17-9-11(8-13(17)18)16-14(19)12(15)7-10-5-3-2-4-6-10/h2-6,11-12H,7-9,15H2,1H3,(H,16,19). The Balaban J connectivity index is 1.85. The van der Waals surface area contributed by atoms with E-state index in [4.69, 9.17) is 5.73 Å². The largest absolute Gasteiger partial charge is 0.350 e. The van der Waals surface area contributed by atoms with E-state index in [1.165, 1.54) is 0 Å². The van der Waals surface area contributed by atoms with Crippen molar-refractivity contribution >= 4 is 11.8 Å². The Labute approximate surface area is 112 Å². The van der Waals surface area contributed by atoms with Gasteiger partial charge in [0, 0.05) is 20.0 Å². The number of likely N-dealkylation sites (N-methyl/N-ethyl adjacent to an activating group) is 1. The summed E-state index contributed by atoms with van der Waals surface area (Å²) in [5.74, 6) is -0.140. The lowest BCUT2D eigenvalue weighted by Gasteiger charge is -2.16. The molecule has 0 saturated carbocycles. The van der Waals surface area contributed by atoms with Crippen LogP contribution in [0.25, 0.3) is 0 Å². The molecule has 0 bridgehead atoms. The molecule has 2 rings (SSSR count). The van der Waals surface area contributed by atoms with Crippen LogP contribution in [0.5, 0.6) is 0 Å². The monoisotopic (exact) mass is 261 g/mol. The molecule has 3 N–H and O–H groups in total. The van der Waals surface area contributed by atoms with E-state index in [1.807, 2.05) is 30.3 Å². The second-order valence-electron chi connectivity index (χ2n) is 4.98. The van der Waals surface area contributed by atoms with Gasteiger partial charge in [-0.25, -0.2) is 0 Å². The summed E-state index contributed by atoms with van der Waals surface area (Å²) in [5.41, 5.74) is 6.92. The minimum Gasteiger partial charge on any atom is -0.350 e. The lowest BCUT2D eigenvalue weighted by molar-refractivity contribution is -0.126. The molecule has 1 heterocycles. The van der Waals surface area contributed by atoms with Crippen LogP contribution < -0.4 is 11.1 Å². The summed E-state index contributed by atoms with van der Waals surface area (Å²) < 4.78 is 0. The number of nitrogens with two attached hydrogens (primary N) is 1. The fourth-order valence-corrected chi connectivity index (χ4v) is 2.23. The third-order valence-corrected chi connectivity index (χ3v) is 3.32. The Morgan fingerprint density at radius 3 is 2.74 bits per heavy atom. The van der Waals surface area contributed by atoms with Crippen LogP contribution in [0.4, 0.5) is 0 Å². The highest BCUT2D eigenvalue weighted by atomic mass is 16.2. The zero-order chi connectivity index (χ0) is 13.8. The van der Waals surface area contributed by atoms with Crippen molar-refractivity contribution in [2.75, 3.05) is 13.6 Å². The van der Waals surface area contributed by atoms with Crippen molar-refractivity contribution < 1.29 is 9.59 Å². The highest BCUT2D eigenvalue weighted by Crippen LogP contribution is 2.09. The van der Waals surface area contributed by atoms with Crippen LogP contribution in [0.15, 0.2) is 30.3 Å². The highest BCUT2D eigenvalue weighted by Gasteiger charge is 2.29. The fraction of sp³-hybridized carbons (Fsp3) is 0.429. The molecule has 2 unspecified atom stereocenters. The number of amides is 2. The van der Waals surface area contributed by atoms with Crippen LogP contribution in [0.1, 0.15) is 12.0 Å². The van der Waals surface area contributed by atoms with E-state index in [0.717, 1.165) is 5.56 Å². The predicted molar refractivity (Wildman–Crippen MR) is 72.3 cm³/mol. The van der Waals surface area contributed by atoms with Gasteiger partial charge in [0.15, 0.2) is 0 Å². The Morgan fingerprint density at radius 1 is 1.47 bits per heavy atom. The number of hydrogen-bond acceptors (Lipinski definition) is 3. The van der Waals surface area contributed by atoms with E-state index in [9.17, 15) is 9.59 Å². The summed E-state index contributed by atoms with van der Waals surface area (Å²) in [7, 11) is 1.73. The summed E-state index contributed by atoms with van der Waals surface area (Å²) in [4.78, 5) is 24.9. The number of nitrogens with zero attached hydrogens (tertiary/aromatic N) is 1. The average molecular weight is 261 g/mol. The van der Waals surface area contributed by atoms with E-state index in [0.29, 0.717) is 19.4 Å². The van der Waals surface area contributed by atoms with Crippen LogP contribution in [0.2, 0.25) is 0 Å². The summed E-state index contributed by atoms with van der Waals surface area (Å²) in [6.07, 6.45) is 0.865. The molecule has 1 aromatic rings. The lowest BCUT2D eigenvalue weighted by Crippen LogP contribution is -2.47. The van der Waals surface area contributed by atoms with Gasteiger partial charge in [-0.05, 0) is 12.0 Å². The van der Waals surface area contributed by atoms with Gasteiger partial charge in [0.25, 0.3) is 0 Å². The molecule has 5 heteroatoms. The van der Waals surface area contributed by atoms with Crippen molar-refractivity contribution in [2.45, 2.75) is 24.9 Å². The van der Waals surface area contributed by atoms with Gasteiger partial charge in [0.2, 0.25) is 11.8 Å². The molecule has 1 fully saturated rings. The molecule has 2 amide bonds. The van der Waals surface area contributed by atoms with Gasteiger partial charge >= 0.3 is 0 Å². The van der Waals surface area contributed by atoms with Crippen molar-refractivity contribution in [1.82, 2.24) is 10.2 Å². The number of hydrogen-bond donors (Lipinski definition) is 2. The first-order valence-corrected chi connectivity index (χ1v) is 6.40. The van der Waals surface area contributed by atoms with Gasteiger partial charge in [-0.15, -0.1) is 0 Å². The van der Waals surface area contributed by atoms with Crippen LogP contribution in [0.3, 0.4) is 0 Å². The van der Waals surface area contributed by atoms with E-state index in [-0.39, 0.29) is 17.9 Å². The summed E-state index contributed by atoms with van der Waals surface area (Å²) in [6.45, 7) is 0.558. The quantitative estimate of drug-likeness (QED) is 0.795. The Kier molecular flexibility index (Phi) is 4.16. The second kappa shape index (κ2) is 5.84.